The standard InChI is InChI=1S/C8H5ClN2O2.C6H5ClN2O2.C2H3ClO/c9-5-1-3-11-4-2-10-7(11)6(5)8(12)13;7-3-1-2-9-5(8)4(3)6(10)11;3-1-2-4/h1-4H,(H,12,13);1-2H,(H2,8,9)(H,10,11);2H,1H2. The van der Waals surface area contributed by atoms with Crippen LogP contribution < -0.4 is 5.73 Å². The van der Waals surface area contributed by atoms with Gasteiger partial charge >= 0.3 is 11.9 Å². The van der Waals surface area contributed by atoms with Gasteiger partial charge in [0.15, 0.2) is 5.65 Å². The maximum absolute atomic E-state index is 10.8. The van der Waals surface area contributed by atoms with Crippen molar-refractivity contribution in [3.8, 4) is 0 Å². The fraction of sp³-hybridized carbons (Fsp3) is 0.0625. The van der Waals surface area contributed by atoms with Gasteiger partial charge in [0.1, 0.15) is 23.2 Å². The second-order valence-corrected chi connectivity index (χ2v) is 5.80. The number of fused-ring (bicyclic) bond motifs is 1. The van der Waals surface area contributed by atoms with E-state index >= 15 is 0 Å². The summed E-state index contributed by atoms with van der Waals surface area (Å²) in [6, 6.07) is 2.90. The van der Waals surface area contributed by atoms with Crippen LogP contribution in [0.2, 0.25) is 10.0 Å². The third kappa shape index (κ3) is 6.08. The summed E-state index contributed by atoms with van der Waals surface area (Å²) in [5, 5.41) is 17.7. The molecule has 0 aliphatic heterocycles. The molecule has 4 N–H and O–H groups in total. The number of halogens is 3. The highest BCUT2D eigenvalue weighted by Crippen LogP contribution is 2.20. The first-order valence-electron chi connectivity index (χ1n) is 7.21. The second kappa shape index (κ2) is 11.1. The van der Waals surface area contributed by atoms with Crippen molar-refractivity contribution in [2.75, 3.05) is 11.6 Å². The number of rotatable bonds is 3. The van der Waals surface area contributed by atoms with E-state index in [0.717, 1.165) is 0 Å². The largest absolute Gasteiger partial charge is 0.478 e. The number of imidazole rings is 1. The normalized spacial score (nSPS) is 9.54. The van der Waals surface area contributed by atoms with Gasteiger partial charge in [-0.05, 0) is 12.1 Å². The Balaban J connectivity index is 0.000000239. The number of nitrogens with zero attached hydrogens (tertiary/aromatic N) is 3. The van der Waals surface area contributed by atoms with E-state index in [1.807, 2.05) is 0 Å². The SMILES string of the molecule is Nc1nccc(Cl)c1C(=O)O.O=C(O)c1c(Cl)ccn2ccnc12.O=CCCl. The molecule has 0 saturated carbocycles. The van der Waals surface area contributed by atoms with Crippen molar-refractivity contribution in [1.29, 1.82) is 0 Å². The van der Waals surface area contributed by atoms with Gasteiger partial charge < -0.3 is 25.1 Å². The van der Waals surface area contributed by atoms with E-state index in [1.54, 1.807) is 16.8 Å². The number of carboxylic acids is 2. The number of carbonyl (C=O) groups is 3. The predicted octanol–water partition coefficient (Wildman–Crippen LogP) is 3.13. The number of nitrogen functional groups attached to an aromatic ring is 1. The summed E-state index contributed by atoms with van der Waals surface area (Å²) in [5.41, 5.74) is 5.50. The van der Waals surface area contributed by atoms with Crippen molar-refractivity contribution < 1.29 is 24.6 Å². The van der Waals surface area contributed by atoms with Gasteiger partial charge in [0, 0.05) is 24.8 Å². The molecule has 0 atom stereocenters. The number of aromatic nitrogens is 3. The van der Waals surface area contributed by atoms with Crippen LogP contribution in [0.5, 0.6) is 0 Å². The van der Waals surface area contributed by atoms with Gasteiger partial charge in [0.05, 0.1) is 15.9 Å². The highest BCUT2D eigenvalue weighted by atomic mass is 35.5. The van der Waals surface area contributed by atoms with Crippen LogP contribution in [0.25, 0.3) is 5.65 Å². The number of alkyl halides is 1. The lowest BCUT2D eigenvalue weighted by molar-refractivity contribution is -0.105. The van der Waals surface area contributed by atoms with Crippen molar-refractivity contribution in [2.45, 2.75) is 0 Å². The van der Waals surface area contributed by atoms with Crippen LogP contribution >= 0.6 is 34.8 Å². The van der Waals surface area contributed by atoms with E-state index in [0.29, 0.717) is 11.9 Å². The Bertz CT molecular complexity index is 973. The molecule has 0 amide bonds. The Labute approximate surface area is 173 Å². The van der Waals surface area contributed by atoms with Crippen molar-refractivity contribution in [2.24, 2.45) is 0 Å². The zero-order valence-electron chi connectivity index (χ0n) is 13.9. The predicted molar refractivity (Wildman–Crippen MR) is 105 cm³/mol. The number of anilines is 1. The minimum absolute atomic E-state index is 0.0363. The first-order valence-corrected chi connectivity index (χ1v) is 8.50. The maximum atomic E-state index is 10.8. The van der Waals surface area contributed by atoms with E-state index in [2.05, 4.69) is 9.97 Å². The molecule has 0 radical (unpaired) electrons. The van der Waals surface area contributed by atoms with Gasteiger partial charge in [-0.3, -0.25) is 0 Å². The molecular formula is C16H13Cl3N4O5. The van der Waals surface area contributed by atoms with E-state index in [1.165, 1.54) is 24.5 Å². The molecule has 148 valence electrons. The molecule has 3 rings (SSSR count). The summed E-state index contributed by atoms with van der Waals surface area (Å²) in [6.07, 6.45) is 6.85. The molecule has 9 nitrogen and oxygen atoms in total. The summed E-state index contributed by atoms with van der Waals surface area (Å²) in [6.45, 7) is 0. The minimum atomic E-state index is -1.17. The van der Waals surface area contributed by atoms with Gasteiger partial charge in [0.25, 0.3) is 0 Å². The summed E-state index contributed by atoms with van der Waals surface area (Å²) in [4.78, 5) is 37.7. The molecule has 28 heavy (non-hydrogen) atoms. The zero-order chi connectivity index (χ0) is 21.3. The molecule has 0 saturated heterocycles. The topological polar surface area (TPSA) is 148 Å². The Morgan fingerprint density at radius 3 is 2.07 bits per heavy atom. The summed E-state index contributed by atoms with van der Waals surface area (Å²) < 4.78 is 1.61. The van der Waals surface area contributed by atoms with Crippen LogP contribution in [0.3, 0.4) is 0 Å². The highest BCUT2D eigenvalue weighted by molar-refractivity contribution is 6.34. The first-order chi connectivity index (χ1) is 13.2. The quantitative estimate of drug-likeness (QED) is 0.409. The number of hydrogen-bond donors (Lipinski definition) is 3. The van der Waals surface area contributed by atoms with E-state index in [9.17, 15) is 9.59 Å². The number of hydrogen-bond acceptors (Lipinski definition) is 6. The molecule has 3 heterocycles. The van der Waals surface area contributed by atoms with Gasteiger partial charge in [-0.2, -0.15) is 0 Å². The Morgan fingerprint density at radius 2 is 1.61 bits per heavy atom. The van der Waals surface area contributed by atoms with Crippen LogP contribution in [0, 0.1) is 0 Å². The van der Waals surface area contributed by atoms with Gasteiger partial charge in [-0.25, -0.2) is 19.6 Å². The number of aldehydes is 1. The van der Waals surface area contributed by atoms with E-state index < -0.39 is 11.9 Å². The third-order valence-electron chi connectivity index (χ3n) is 2.93. The lowest BCUT2D eigenvalue weighted by Crippen LogP contribution is -2.04. The van der Waals surface area contributed by atoms with E-state index in [4.69, 9.17) is 55.5 Å². The molecule has 0 spiro atoms. The average molecular weight is 448 g/mol. The van der Waals surface area contributed by atoms with Crippen LogP contribution in [-0.2, 0) is 4.79 Å². The fourth-order valence-electron chi connectivity index (χ4n) is 1.83. The molecule has 0 aromatic carbocycles. The fourth-order valence-corrected chi connectivity index (χ4v) is 2.28. The van der Waals surface area contributed by atoms with Crippen LogP contribution in [0.1, 0.15) is 20.7 Å². The second-order valence-electron chi connectivity index (χ2n) is 4.68. The van der Waals surface area contributed by atoms with Crippen LogP contribution in [0.4, 0.5) is 5.82 Å². The highest BCUT2D eigenvalue weighted by Gasteiger charge is 2.14. The molecule has 0 aliphatic carbocycles. The van der Waals surface area contributed by atoms with Crippen LogP contribution in [-0.4, -0.2) is 48.7 Å². The maximum Gasteiger partial charge on any atom is 0.341 e. The number of aromatic carboxylic acids is 2. The van der Waals surface area contributed by atoms with Crippen molar-refractivity contribution in [1.82, 2.24) is 14.4 Å². The molecule has 0 unspecified atom stereocenters. The smallest absolute Gasteiger partial charge is 0.341 e. The average Bonchev–Trinajstić information content (AvgIpc) is 3.10. The van der Waals surface area contributed by atoms with Gasteiger partial charge in [-0.1, -0.05) is 23.2 Å². The molecular weight excluding hydrogens is 435 g/mol. The molecule has 0 fully saturated rings. The number of carboxylic acid groups (broad SMARTS) is 2. The Morgan fingerprint density at radius 1 is 1.04 bits per heavy atom. The summed E-state index contributed by atoms with van der Waals surface area (Å²) in [5.74, 6) is -2.19. The molecule has 0 aliphatic rings. The third-order valence-corrected chi connectivity index (χ3v) is 3.69. The van der Waals surface area contributed by atoms with Crippen molar-refractivity contribution >= 4 is 64.5 Å². The lowest BCUT2D eigenvalue weighted by Gasteiger charge is -2.00. The van der Waals surface area contributed by atoms with Crippen molar-refractivity contribution in [3.05, 3.63) is 58.1 Å². The Hall–Kier alpha value is -2.88. The number of nitrogens with two attached hydrogens (primary N) is 1. The van der Waals surface area contributed by atoms with Crippen molar-refractivity contribution in [3.63, 3.8) is 0 Å². The summed E-state index contributed by atoms with van der Waals surface area (Å²) in [7, 11) is 0. The number of carbonyl (C=O) groups excluding carboxylic acids is 1. The zero-order valence-corrected chi connectivity index (χ0v) is 16.2. The van der Waals surface area contributed by atoms with Gasteiger partial charge in [0.2, 0.25) is 0 Å². The van der Waals surface area contributed by atoms with Crippen LogP contribution in [0.15, 0.2) is 36.9 Å². The molecule has 3 aromatic rings. The number of pyridine rings is 2. The molecule has 12 heteroatoms. The summed E-state index contributed by atoms with van der Waals surface area (Å²) >= 11 is 16.1. The Kier molecular flexibility index (Phi) is 9.16. The minimum Gasteiger partial charge on any atom is -0.478 e. The monoisotopic (exact) mass is 446 g/mol. The lowest BCUT2D eigenvalue weighted by atomic mass is 10.2. The first kappa shape index (κ1) is 23.2. The van der Waals surface area contributed by atoms with E-state index in [-0.39, 0.29) is 32.9 Å². The molecule has 0 bridgehead atoms. The van der Waals surface area contributed by atoms with Gasteiger partial charge in [-0.15, -0.1) is 11.6 Å². The molecule has 3 aromatic heterocycles.